The van der Waals surface area contributed by atoms with Crippen molar-refractivity contribution < 1.29 is 19.4 Å². The zero-order chi connectivity index (χ0) is 22.3. The van der Waals surface area contributed by atoms with Gasteiger partial charge in [-0.05, 0) is 42.4 Å². The minimum absolute atomic E-state index is 0.110. The second-order valence-electron chi connectivity index (χ2n) is 6.90. The molecule has 0 aliphatic heterocycles. The Balaban J connectivity index is 2.47. The lowest BCUT2D eigenvalue weighted by atomic mass is 10.1. The number of benzene rings is 3. The third-order valence-electron chi connectivity index (χ3n) is 4.89. The van der Waals surface area contributed by atoms with Crippen LogP contribution >= 0.6 is 6.89 Å². The van der Waals surface area contributed by atoms with Crippen LogP contribution < -0.4 is 15.9 Å². The van der Waals surface area contributed by atoms with Gasteiger partial charge < -0.3 is 9.84 Å². The van der Waals surface area contributed by atoms with E-state index < -0.39 is 18.6 Å². The third kappa shape index (κ3) is 4.70. The van der Waals surface area contributed by atoms with Gasteiger partial charge in [-0.25, -0.2) is 4.79 Å². The number of ketones is 1. The zero-order valence-electron chi connectivity index (χ0n) is 17.6. The van der Waals surface area contributed by atoms with Crippen molar-refractivity contribution >= 4 is 40.3 Å². The number of aliphatic hydroxyl groups is 1. The van der Waals surface area contributed by atoms with E-state index in [0.29, 0.717) is 0 Å². The summed E-state index contributed by atoms with van der Waals surface area (Å²) in [6.07, 6.45) is 0. The summed E-state index contributed by atoms with van der Waals surface area (Å²) in [6.45, 7) is 0.468. The Hall–Kier alpha value is -3.36. The number of carbonyl (C=O) groups excluding carboxylic acids is 2. The molecule has 4 nitrogen and oxygen atoms in total. The van der Waals surface area contributed by atoms with Crippen molar-refractivity contribution in [2.24, 2.45) is 0 Å². The monoisotopic (exact) mass is 432 g/mol. The van der Waals surface area contributed by atoms with Crippen LogP contribution in [0.15, 0.2) is 102 Å². The van der Waals surface area contributed by atoms with E-state index in [9.17, 15) is 14.7 Å². The van der Waals surface area contributed by atoms with E-state index in [-0.39, 0.29) is 17.9 Å². The summed E-state index contributed by atoms with van der Waals surface area (Å²) < 4.78 is 5.03. The average molecular weight is 432 g/mol. The fraction of sp³-hybridized carbons (Fsp3) is 0.115. The van der Waals surface area contributed by atoms with E-state index in [2.05, 4.69) is 0 Å². The van der Waals surface area contributed by atoms with Crippen LogP contribution in [-0.2, 0) is 14.3 Å². The largest absolute Gasteiger partial charge is 0.507 e. The fourth-order valence-corrected chi connectivity index (χ4v) is 7.30. The molecule has 0 aliphatic carbocycles. The Bertz CT molecular complexity index is 1030. The molecule has 0 saturated carbocycles. The lowest BCUT2D eigenvalue weighted by Crippen LogP contribution is -2.28. The van der Waals surface area contributed by atoms with Crippen molar-refractivity contribution in [1.29, 1.82) is 0 Å². The normalized spacial score (nSPS) is 11.9. The van der Waals surface area contributed by atoms with Crippen LogP contribution in [0.4, 0.5) is 0 Å². The van der Waals surface area contributed by atoms with Gasteiger partial charge in [0.1, 0.15) is 11.3 Å². The van der Waals surface area contributed by atoms with Gasteiger partial charge in [-0.2, -0.15) is 0 Å². The predicted octanol–water partition coefficient (Wildman–Crippen LogP) is 3.75. The Labute approximate surface area is 182 Å². The molecule has 0 unspecified atom stereocenters. The van der Waals surface area contributed by atoms with Gasteiger partial charge in [0, 0.05) is 0 Å². The molecule has 3 aromatic rings. The number of allylic oxidation sites excluding steroid dienone is 1. The average Bonchev–Trinajstić information content (AvgIpc) is 2.79. The standard InChI is InChI=1S/C26H25O4P/c1-3-30-26(29)25(20(2)27)24(28)19-31(21-13-7-4-8-14-21,22-15-9-5-10-16-22)23-17-11-6-12-18-23/h4-19,28H,3H2,1-2H3/b25-24+. The second kappa shape index (κ2) is 10.1. The Kier molecular flexibility index (Phi) is 7.28. The Morgan fingerprint density at radius 2 is 1.19 bits per heavy atom. The highest BCUT2D eigenvalue weighted by atomic mass is 31.2. The first kappa shape index (κ1) is 22.3. The van der Waals surface area contributed by atoms with E-state index in [1.54, 1.807) is 12.7 Å². The Morgan fingerprint density at radius 1 is 0.806 bits per heavy atom. The van der Waals surface area contributed by atoms with Crippen LogP contribution in [0.3, 0.4) is 0 Å². The molecule has 0 radical (unpaired) electrons. The Morgan fingerprint density at radius 3 is 1.52 bits per heavy atom. The molecule has 0 aliphatic rings. The number of hydrogen-bond acceptors (Lipinski definition) is 4. The molecular weight excluding hydrogens is 407 g/mol. The van der Waals surface area contributed by atoms with Crippen molar-refractivity contribution in [3.05, 3.63) is 102 Å². The number of hydrogen-bond donors (Lipinski definition) is 1. The molecule has 5 heteroatoms. The van der Waals surface area contributed by atoms with Gasteiger partial charge in [-0.1, -0.05) is 91.0 Å². The highest BCUT2D eigenvalue weighted by Gasteiger charge is 2.28. The smallest absolute Gasteiger partial charge is 0.345 e. The lowest BCUT2D eigenvalue weighted by Gasteiger charge is -2.28. The van der Waals surface area contributed by atoms with Gasteiger partial charge in [0.25, 0.3) is 0 Å². The maximum Gasteiger partial charge on any atom is 0.345 e. The van der Waals surface area contributed by atoms with Gasteiger partial charge in [-0.3, -0.25) is 4.79 Å². The number of aliphatic hydroxyl groups excluding tert-OH is 1. The van der Waals surface area contributed by atoms with Crippen molar-refractivity contribution in [2.75, 3.05) is 6.61 Å². The molecule has 0 atom stereocenters. The first-order valence-electron chi connectivity index (χ1n) is 10.0. The molecule has 31 heavy (non-hydrogen) atoms. The van der Waals surface area contributed by atoms with Crippen LogP contribution in [-0.4, -0.2) is 29.3 Å². The predicted molar refractivity (Wildman–Crippen MR) is 128 cm³/mol. The van der Waals surface area contributed by atoms with Gasteiger partial charge in [0.15, 0.2) is 5.78 Å². The molecule has 1 N–H and O–H groups in total. The molecule has 0 amide bonds. The molecule has 0 bridgehead atoms. The molecule has 3 rings (SSSR count). The highest BCUT2D eigenvalue weighted by molar-refractivity contribution is 7.94. The van der Waals surface area contributed by atoms with Gasteiger partial charge >= 0.3 is 5.97 Å². The summed E-state index contributed by atoms with van der Waals surface area (Å²) in [5.41, 5.74) is -0.339. The number of esters is 1. The maximum atomic E-state index is 12.5. The number of carbonyl (C=O) groups is 2. The summed E-state index contributed by atoms with van der Waals surface area (Å²) in [5, 5.41) is 14.1. The number of ether oxygens (including phenoxy) is 1. The van der Waals surface area contributed by atoms with Gasteiger partial charge in [0.2, 0.25) is 0 Å². The van der Waals surface area contributed by atoms with Crippen molar-refractivity contribution in [3.8, 4) is 0 Å². The topological polar surface area (TPSA) is 63.6 Å². The number of rotatable bonds is 7. The van der Waals surface area contributed by atoms with Crippen molar-refractivity contribution in [2.45, 2.75) is 13.8 Å². The summed E-state index contributed by atoms with van der Waals surface area (Å²) in [6, 6.07) is 29.5. The summed E-state index contributed by atoms with van der Waals surface area (Å²) in [4.78, 5) is 24.7. The van der Waals surface area contributed by atoms with E-state index in [1.165, 1.54) is 6.92 Å². The fourth-order valence-electron chi connectivity index (χ4n) is 3.54. The van der Waals surface area contributed by atoms with E-state index in [1.807, 2.05) is 91.0 Å². The molecule has 0 saturated heterocycles. The molecule has 0 aromatic heterocycles. The quantitative estimate of drug-likeness (QED) is 0.154. The first-order valence-corrected chi connectivity index (χ1v) is 11.9. The van der Waals surface area contributed by atoms with Gasteiger partial charge in [0.05, 0.1) is 6.61 Å². The molecule has 0 heterocycles. The molecule has 0 fully saturated rings. The SMILES string of the molecule is CCOC(=O)/C(C(C)=O)=C(/O)C=P(c1ccccc1)(c1ccccc1)c1ccccc1. The highest BCUT2D eigenvalue weighted by Crippen LogP contribution is 2.44. The van der Waals surface area contributed by atoms with Crippen molar-refractivity contribution in [1.82, 2.24) is 0 Å². The molecule has 3 aromatic carbocycles. The lowest BCUT2D eigenvalue weighted by molar-refractivity contribution is -0.140. The van der Waals surface area contributed by atoms with Crippen LogP contribution in [0.5, 0.6) is 0 Å². The van der Waals surface area contributed by atoms with Crippen LogP contribution in [0.25, 0.3) is 0 Å². The minimum Gasteiger partial charge on any atom is -0.507 e. The van der Waals surface area contributed by atoms with Crippen molar-refractivity contribution in [3.63, 3.8) is 0 Å². The molecule has 0 spiro atoms. The van der Waals surface area contributed by atoms with E-state index >= 15 is 0 Å². The molecular formula is C26H25O4P. The van der Waals surface area contributed by atoms with Crippen LogP contribution in [0, 0.1) is 0 Å². The number of Topliss-reactive ketones (excluding diaryl/α,β-unsaturated/α-hetero) is 1. The maximum absolute atomic E-state index is 12.5. The minimum atomic E-state index is -2.55. The van der Waals surface area contributed by atoms with Crippen LogP contribution in [0.2, 0.25) is 0 Å². The first-order chi connectivity index (χ1) is 15.0. The van der Waals surface area contributed by atoms with Gasteiger partial charge in [-0.15, -0.1) is 0 Å². The van der Waals surface area contributed by atoms with Crippen LogP contribution in [0.1, 0.15) is 13.8 Å². The molecule has 158 valence electrons. The summed E-state index contributed by atoms with van der Waals surface area (Å²) >= 11 is 0. The van der Waals surface area contributed by atoms with E-state index in [0.717, 1.165) is 15.9 Å². The summed E-state index contributed by atoms with van der Waals surface area (Å²) in [7, 11) is 0. The van der Waals surface area contributed by atoms with E-state index in [4.69, 9.17) is 4.74 Å². The zero-order valence-corrected chi connectivity index (χ0v) is 18.5. The third-order valence-corrected chi connectivity index (χ3v) is 8.86. The second-order valence-corrected chi connectivity index (χ2v) is 10.1. The summed E-state index contributed by atoms with van der Waals surface area (Å²) in [5.74, 6) is -0.0490.